The van der Waals surface area contributed by atoms with E-state index in [1.165, 1.54) is 11.8 Å². The van der Waals surface area contributed by atoms with E-state index in [0.717, 1.165) is 42.6 Å². The second-order valence-electron chi connectivity index (χ2n) is 8.59. The lowest BCUT2D eigenvalue weighted by Gasteiger charge is -2.14. The van der Waals surface area contributed by atoms with Crippen molar-refractivity contribution in [1.29, 1.82) is 0 Å². The Hall–Kier alpha value is -3.52. The van der Waals surface area contributed by atoms with Crippen LogP contribution < -0.4 is 15.6 Å². The maximum Gasteiger partial charge on any atom is 0.283 e. The largest absolute Gasteiger partial charge is 0.494 e. The van der Waals surface area contributed by atoms with Crippen LogP contribution in [0, 0.1) is 0 Å². The number of hydrogen-bond donors (Lipinski definition) is 2. The van der Waals surface area contributed by atoms with E-state index in [1.807, 2.05) is 67.7 Å². The van der Waals surface area contributed by atoms with Gasteiger partial charge in [-0.2, -0.15) is 0 Å². The van der Waals surface area contributed by atoms with Gasteiger partial charge in [-0.15, -0.1) is 0 Å². The second-order valence-corrected chi connectivity index (χ2v) is 9.53. The molecule has 7 nitrogen and oxygen atoms in total. The molecule has 2 N–H and O–H groups in total. The van der Waals surface area contributed by atoms with Crippen molar-refractivity contribution in [1.82, 2.24) is 19.9 Å². The number of amides is 1. The summed E-state index contributed by atoms with van der Waals surface area (Å²) in [5, 5.41) is 3.59. The lowest BCUT2D eigenvalue weighted by molar-refractivity contribution is -0.119. The van der Waals surface area contributed by atoms with Crippen LogP contribution in [0.3, 0.4) is 0 Å². The van der Waals surface area contributed by atoms with E-state index in [-0.39, 0.29) is 23.3 Å². The predicted octanol–water partition coefficient (Wildman–Crippen LogP) is 4.93. The number of thioether (sulfide) groups is 1. The number of benzene rings is 2. The highest BCUT2D eigenvalue weighted by Gasteiger charge is 2.21. The molecule has 180 valence electrons. The van der Waals surface area contributed by atoms with Crippen molar-refractivity contribution in [3.8, 4) is 22.6 Å². The fourth-order valence-electron chi connectivity index (χ4n) is 4.53. The monoisotopic (exact) mass is 488 g/mol. The van der Waals surface area contributed by atoms with Crippen molar-refractivity contribution < 1.29 is 9.53 Å². The van der Waals surface area contributed by atoms with Crippen LogP contribution in [0.15, 0.2) is 70.7 Å². The van der Waals surface area contributed by atoms with E-state index in [0.29, 0.717) is 28.5 Å². The van der Waals surface area contributed by atoms with Gasteiger partial charge >= 0.3 is 0 Å². The highest BCUT2D eigenvalue weighted by molar-refractivity contribution is 7.99. The number of aromatic amines is 1. The van der Waals surface area contributed by atoms with Crippen LogP contribution in [-0.4, -0.2) is 38.8 Å². The fraction of sp³-hybridized carbons (Fsp3) is 0.296. The molecule has 1 saturated carbocycles. The van der Waals surface area contributed by atoms with E-state index in [1.54, 1.807) is 4.57 Å². The topological polar surface area (TPSA) is 89.0 Å². The minimum atomic E-state index is -0.208. The Bertz CT molecular complexity index is 1370. The van der Waals surface area contributed by atoms with Gasteiger partial charge in [0.1, 0.15) is 16.8 Å². The van der Waals surface area contributed by atoms with Gasteiger partial charge in [0.05, 0.1) is 18.0 Å². The van der Waals surface area contributed by atoms with Crippen molar-refractivity contribution >= 4 is 28.7 Å². The molecule has 2 heterocycles. The number of hydrogen-bond acceptors (Lipinski definition) is 5. The van der Waals surface area contributed by atoms with Crippen LogP contribution >= 0.6 is 11.8 Å². The summed E-state index contributed by atoms with van der Waals surface area (Å²) in [4.78, 5) is 34.4. The Balaban J connectivity index is 1.54. The molecule has 1 amide bonds. The summed E-state index contributed by atoms with van der Waals surface area (Å²) in [6.07, 6.45) is 6.19. The molecule has 4 aromatic rings. The molecule has 0 unspecified atom stereocenters. The zero-order valence-electron chi connectivity index (χ0n) is 19.6. The lowest BCUT2D eigenvalue weighted by atomic mass is 10.1. The lowest BCUT2D eigenvalue weighted by Crippen LogP contribution is -2.34. The molecule has 0 saturated heterocycles. The number of H-pyrrole nitrogens is 1. The second kappa shape index (κ2) is 10.4. The molecular weight excluding hydrogens is 460 g/mol. The average Bonchev–Trinajstić information content (AvgIpc) is 3.54. The number of carbonyl (C=O) groups excluding carboxylic acids is 1. The number of carbonyl (C=O) groups is 1. The minimum Gasteiger partial charge on any atom is -0.494 e. The summed E-state index contributed by atoms with van der Waals surface area (Å²) in [7, 11) is 0. The van der Waals surface area contributed by atoms with Gasteiger partial charge in [0.25, 0.3) is 5.56 Å². The molecule has 35 heavy (non-hydrogen) atoms. The predicted molar refractivity (Wildman–Crippen MR) is 139 cm³/mol. The van der Waals surface area contributed by atoms with Gasteiger partial charge in [-0.3, -0.25) is 14.2 Å². The number of aromatic nitrogens is 3. The summed E-state index contributed by atoms with van der Waals surface area (Å²) in [6, 6.07) is 17.4. The molecule has 8 heteroatoms. The SMILES string of the molecule is CCOc1ccc(-n2c(SCC(=O)NC3CCCC3)nc3c(-c4ccccc4)c[nH]c3c2=O)cc1. The van der Waals surface area contributed by atoms with Gasteiger partial charge in [-0.25, -0.2) is 4.98 Å². The fourth-order valence-corrected chi connectivity index (χ4v) is 5.35. The molecule has 1 aliphatic carbocycles. The van der Waals surface area contributed by atoms with Crippen molar-refractivity contribution in [2.45, 2.75) is 43.8 Å². The quantitative estimate of drug-likeness (QED) is 0.271. The molecule has 1 fully saturated rings. The molecule has 2 aromatic heterocycles. The van der Waals surface area contributed by atoms with Crippen LogP contribution in [0.1, 0.15) is 32.6 Å². The third-order valence-electron chi connectivity index (χ3n) is 6.21. The Morgan fingerprint density at radius 2 is 1.89 bits per heavy atom. The highest BCUT2D eigenvalue weighted by atomic mass is 32.2. The Labute approximate surface area is 207 Å². The van der Waals surface area contributed by atoms with E-state index in [9.17, 15) is 9.59 Å². The zero-order valence-corrected chi connectivity index (χ0v) is 20.4. The summed E-state index contributed by atoms with van der Waals surface area (Å²) >= 11 is 1.28. The number of nitrogens with zero attached hydrogens (tertiary/aromatic N) is 2. The van der Waals surface area contributed by atoms with Gasteiger partial charge in [0.15, 0.2) is 5.16 Å². The average molecular weight is 489 g/mol. The highest BCUT2D eigenvalue weighted by Crippen LogP contribution is 2.29. The molecule has 0 spiro atoms. The van der Waals surface area contributed by atoms with Gasteiger partial charge in [0, 0.05) is 17.8 Å². The van der Waals surface area contributed by atoms with Crippen LogP contribution in [0.5, 0.6) is 5.75 Å². The first-order valence-corrected chi connectivity index (χ1v) is 13.0. The van der Waals surface area contributed by atoms with Crippen LogP contribution in [0.2, 0.25) is 0 Å². The molecule has 1 aliphatic rings. The van der Waals surface area contributed by atoms with E-state index < -0.39 is 0 Å². The first kappa shape index (κ1) is 23.2. The maximum absolute atomic E-state index is 13.7. The number of ether oxygens (including phenoxy) is 1. The van der Waals surface area contributed by atoms with Gasteiger partial charge < -0.3 is 15.0 Å². The zero-order chi connectivity index (χ0) is 24.2. The standard InChI is InChI=1S/C27H28N4O3S/c1-2-34-21-14-12-20(13-15-21)31-26(33)25-24(22(16-28-25)18-8-4-3-5-9-18)30-27(31)35-17-23(32)29-19-10-6-7-11-19/h3-5,8-9,12-16,19,28H,2,6-7,10-11,17H2,1H3,(H,29,32). The number of rotatable bonds is 8. The van der Waals surface area contributed by atoms with Crippen molar-refractivity contribution in [2.24, 2.45) is 0 Å². The van der Waals surface area contributed by atoms with Crippen molar-refractivity contribution in [2.75, 3.05) is 12.4 Å². The normalized spacial score (nSPS) is 13.9. The number of fused-ring (bicyclic) bond motifs is 1. The first-order valence-electron chi connectivity index (χ1n) is 12.0. The summed E-state index contributed by atoms with van der Waals surface area (Å²) in [5.41, 5.74) is 3.32. The van der Waals surface area contributed by atoms with Crippen molar-refractivity contribution in [3.05, 3.63) is 71.1 Å². The van der Waals surface area contributed by atoms with E-state index in [2.05, 4.69) is 10.3 Å². The van der Waals surface area contributed by atoms with Crippen LogP contribution in [0.4, 0.5) is 0 Å². The van der Waals surface area contributed by atoms with Gasteiger partial charge in [-0.1, -0.05) is 54.9 Å². The third-order valence-corrected chi connectivity index (χ3v) is 7.15. The summed E-state index contributed by atoms with van der Waals surface area (Å²) < 4.78 is 7.12. The molecule has 0 aliphatic heterocycles. The smallest absolute Gasteiger partial charge is 0.283 e. The molecule has 0 radical (unpaired) electrons. The van der Waals surface area contributed by atoms with Crippen LogP contribution in [0.25, 0.3) is 27.8 Å². The van der Waals surface area contributed by atoms with Gasteiger partial charge in [0.2, 0.25) is 5.91 Å². The minimum absolute atomic E-state index is 0.0353. The number of nitrogens with one attached hydrogen (secondary N) is 2. The Morgan fingerprint density at radius 1 is 1.14 bits per heavy atom. The molecule has 0 bridgehead atoms. The van der Waals surface area contributed by atoms with E-state index in [4.69, 9.17) is 9.72 Å². The Kier molecular flexibility index (Phi) is 6.90. The Morgan fingerprint density at radius 3 is 2.60 bits per heavy atom. The van der Waals surface area contributed by atoms with E-state index >= 15 is 0 Å². The maximum atomic E-state index is 13.7. The molecular formula is C27H28N4O3S. The molecule has 2 aromatic carbocycles. The van der Waals surface area contributed by atoms with Crippen molar-refractivity contribution in [3.63, 3.8) is 0 Å². The van der Waals surface area contributed by atoms with Crippen LogP contribution in [-0.2, 0) is 4.79 Å². The first-order chi connectivity index (χ1) is 17.1. The molecule has 0 atom stereocenters. The summed E-state index contributed by atoms with van der Waals surface area (Å²) in [5.74, 6) is 0.887. The molecule has 5 rings (SSSR count). The summed E-state index contributed by atoms with van der Waals surface area (Å²) in [6.45, 7) is 2.49. The third kappa shape index (κ3) is 4.98. The van der Waals surface area contributed by atoms with Gasteiger partial charge in [-0.05, 0) is 49.6 Å².